The highest BCUT2D eigenvalue weighted by Crippen LogP contribution is 2.46. The number of halogens is 3. The summed E-state index contributed by atoms with van der Waals surface area (Å²) in [6.07, 6.45) is 9.19. The van der Waals surface area contributed by atoms with Crippen molar-refractivity contribution in [3.63, 3.8) is 0 Å². The molecule has 3 aliphatic heterocycles. The van der Waals surface area contributed by atoms with Crippen LogP contribution in [-0.4, -0.2) is 77.1 Å². The van der Waals surface area contributed by atoms with Crippen LogP contribution in [-0.2, 0) is 4.74 Å². The van der Waals surface area contributed by atoms with Gasteiger partial charge in [-0.2, -0.15) is 9.97 Å². The first kappa shape index (κ1) is 28.3. The molecule has 4 aromatic rings. The van der Waals surface area contributed by atoms with Gasteiger partial charge in [0, 0.05) is 41.8 Å². The molecule has 0 unspecified atom stereocenters. The summed E-state index contributed by atoms with van der Waals surface area (Å²) in [4.78, 5) is 18.2. The van der Waals surface area contributed by atoms with Crippen LogP contribution in [0.5, 0.6) is 6.01 Å². The van der Waals surface area contributed by atoms with Gasteiger partial charge in [0.15, 0.2) is 5.82 Å². The molecular formula is C34H33F3N6O2. The molecule has 8 nitrogen and oxygen atoms in total. The van der Waals surface area contributed by atoms with Gasteiger partial charge in [-0.3, -0.25) is 9.88 Å². The number of aromatic nitrogens is 3. The summed E-state index contributed by atoms with van der Waals surface area (Å²) in [6, 6.07) is 5.56. The average molecular weight is 615 g/mol. The number of terminal acetylenes is 1. The Morgan fingerprint density at radius 1 is 1.22 bits per heavy atom. The molecule has 1 aliphatic carbocycles. The Morgan fingerprint density at radius 2 is 2.09 bits per heavy atom. The van der Waals surface area contributed by atoms with Crippen LogP contribution in [0.4, 0.5) is 24.7 Å². The van der Waals surface area contributed by atoms with Crippen LogP contribution >= 0.6 is 0 Å². The SMILES string of the molecule is C#Cc1c(F)ccc2cc(N)cc(-c3ncc4c(N5CCOC[C@H]6[C@H](F)[C@H]65)nc(OC[C@@]56CCCN5C[C@H](C)C6)nc4c3F)c12. The number of nitrogen functional groups attached to an aromatic ring is 1. The molecule has 11 heteroatoms. The second-order valence-corrected chi connectivity index (χ2v) is 13.0. The lowest BCUT2D eigenvalue weighted by Gasteiger charge is -2.31. The number of alkyl halides is 1. The zero-order valence-corrected chi connectivity index (χ0v) is 24.9. The first-order valence-electron chi connectivity index (χ1n) is 15.5. The van der Waals surface area contributed by atoms with E-state index in [2.05, 4.69) is 27.7 Å². The van der Waals surface area contributed by atoms with Gasteiger partial charge in [-0.1, -0.05) is 18.9 Å². The minimum Gasteiger partial charge on any atom is -0.461 e. The second kappa shape index (κ2) is 10.5. The van der Waals surface area contributed by atoms with Gasteiger partial charge in [-0.25, -0.2) is 13.2 Å². The molecule has 2 aromatic heterocycles. The molecule has 4 aliphatic rings. The molecule has 0 bridgehead atoms. The molecule has 232 valence electrons. The number of nitrogens with zero attached hydrogens (tertiary/aromatic N) is 5. The highest BCUT2D eigenvalue weighted by atomic mass is 19.1. The number of rotatable bonds is 5. The van der Waals surface area contributed by atoms with Gasteiger partial charge in [0.1, 0.15) is 35.6 Å². The topological polar surface area (TPSA) is 89.6 Å². The van der Waals surface area contributed by atoms with Crippen molar-refractivity contribution in [2.75, 3.05) is 50.1 Å². The maximum Gasteiger partial charge on any atom is 0.319 e. The Hall–Kier alpha value is -4.14. The summed E-state index contributed by atoms with van der Waals surface area (Å²) < 4.78 is 58.6. The third kappa shape index (κ3) is 4.49. The van der Waals surface area contributed by atoms with E-state index in [9.17, 15) is 8.78 Å². The molecule has 3 saturated heterocycles. The molecule has 8 rings (SSSR count). The smallest absolute Gasteiger partial charge is 0.319 e. The summed E-state index contributed by atoms with van der Waals surface area (Å²) in [6.45, 7) is 5.71. The second-order valence-electron chi connectivity index (χ2n) is 13.0. The van der Waals surface area contributed by atoms with Gasteiger partial charge in [0.2, 0.25) is 0 Å². The summed E-state index contributed by atoms with van der Waals surface area (Å²) in [7, 11) is 0. The van der Waals surface area contributed by atoms with Crippen LogP contribution in [0, 0.1) is 35.8 Å². The van der Waals surface area contributed by atoms with E-state index in [1.165, 1.54) is 18.3 Å². The number of anilines is 2. The van der Waals surface area contributed by atoms with E-state index in [0.29, 0.717) is 59.9 Å². The molecule has 2 N–H and O–H groups in total. The number of pyridine rings is 1. The molecule has 1 saturated carbocycles. The van der Waals surface area contributed by atoms with Gasteiger partial charge in [-0.05, 0) is 55.3 Å². The third-order valence-corrected chi connectivity index (χ3v) is 10.1. The monoisotopic (exact) mass is 614 g/mol. The summed E-state index contributed by atoms with van der Waals surface area (Å²) in [5, 5.41) is 1.19. The van der Waals surface area contributed by atoms with Crippen molar-refractivity contribution < 1.29 is 22.6 Å². The van der Waals surface area contributed by atoms with E-state index in [-0.39, 0.29) is 39.8 Å². The predicted octanol–water partition coefficient (Wildman–Crippen LogP) is 5.11. The van der Waals surface area contributed by atoms with E-state index >= 15 is 4.39 Å². The van der Waals surface area contributed by atoms with Gasteiger partial charge in [-0.15, -0.1) is 6.42 Å². The summed E-state index contributed by atoms with van der Waals surface area (Å²) in [5.41, 5.74) is 6.53. The Morgan fingerprint density at radius 3 is 2.93 bits per heavy atom. The average Bonchev–Trinajstić information content (AvgIpc) is 3.43. The molecule has 45 heavy (non-hydrogen) atoms. The molecular weight excluding hydrogens is 581 g/mol. The van der Waals surface area contributed by atoms with Crippen LogP contribution < -0.4 is 15.4 Å². The van der Waals surface area contributed by atoms with Crippen LogP contribution in [0.25, 0.3) is 32.9 Å². The molecule has 4 fully saturated rings. The van der Waals surface area contributed by atoms with Gasteiger partial charge < -0.3 is 20.1 Å². The summed E-state index contributed by atoms with van der Waals surface area (Å²) >= 11 is 0. The van der Waals surface area contributed by atoms with Crippen molar-refractivity contribution in [2.24, 2.45) is 11.8 Å². The highest BCUT2D eigenvalue weighted by molar-refractivity contribution is 6.03. The van der Waals surface area contributed by atoms with E-state index < -0.39 is 23.8 Å². The maximum absolute atomic E-state index is 16.8. The van der Waals surface area contributed by atoms with Gasteiger partial charge in [0.05, 0.1) is 35.7 Å². The van der Waals surface area contributed by atoms with Crippen LogP contribution in [0.2, 0.25) is 0 Å². The lowest BCUT2D eigenvalue weighted by atomic mass is 9.92. The minimum atomic E-state index is -1.08. The Kier molecular flexibility index (Phi) is 6.59. The number of nitrogens with two attached hydrogens (primary N) is 1. The van der Waals surface area contributed by atoms with Crippen molar-refractivity contribution >= 4 is 33.2 Å². The van der Waals surface area contributed by atoms with Crippen molar-refractivity contribution in [3.8, 4) is 29.6 Å². The third-order valence-electron chi connectivity index (χ3n) is 10.1. The molecule has 5 atom stereocenters. The van der Waals surface area contributed by atoms with Crippen molar-refractivity contribution in [1.82, 2.24) is 19.9 Å². The lowest BCUT2D eigenvalue weighted by molar-refractivity contribution is 0.107. The number of ether oxygens (including phenoxy) is 2. The van der Waals surface area contributed by atoms with Gasteiger partial charge in [0.25, 0.3) is 0 Å². The fourth-order valence-electron chi connectivity index (χ4n) is 7.99. The maximum atomic E-state index is 16.8. The predicted molar refractivity (Wildman–Crippen MR) is 166 cm³/mol. The van der Waals surface area contributed by atoms with E-state index in [1.807, 2.05) is 4.90 Å². The zero-order valence-electron chi connectivity index (χ0n) is 24.9. The first-order chi connectivity index (χ1) is 21.8. The van der Waals surface area contributed by atoms with Crippen LogP contribution in [0.3, 0.4) is 0 Å². The molecule has 5 heterocycles. The normalized spacial score (nSPS) is 27.8. The Bertz CT molecular complexity index is 1900. The number of hydrogen-bond acceptors (Lipinski definition) is 8. The largest absolute Gasteiger partial charge is 0.461 e. The Balaban J connectivity index is 1.29. The Labute approximate surface area is 258 Å². The summed E-state index contributed by atoms with van der Waals surface area (Å²) in [5.74, 6) is 1.64. The van der Waals surface area contributed by atoms with E-state index in [0.717, 1.165) is 32.4 Å². The van der Waals surface area contributed by atoms with Crippen molar-refractivity contribution in [3.05, 3.63) is 47.7 Å². The first-order valence-corrected chi connectivity index (χ1v) is 15.5. The molecule has 0 amide bonds. The molecule has 2 aromatic carbocycles. The van der Waals surface area contributed by atoms with E-state index in [1.54, 1.807) is 12.1 Å². The van der Waals surface area contributed by atoms with Crippen LogP contribution in [0.15, 0.2) is 30.5 Å². The highest BCUT2D eigenvalue weighted by Gasteiger charge is 2.56. The standard InChI is InChI=1S/C34H33F3N6O2/c1-3-21-25(35)6-5-19-11-20(38)12-22(26(19)21)29-28(37)30-23(14-39-29)32(43-9-10-44-16-24-27(36)31(24)43)41-33(40-30)45-17-34-7-4-8-42(34)15-18(2)13-34/h1,5-6,11-12,14,18,24,27,31H,4,7-10,13,15-17,38H2,2H3/t18-,24+,27+,31+,34+/m1/s1. The molecule has 0 spiro atoms. The number of hydrogen-bond donors (Lipinski definition) is 1. The quantitative estimate of drug-likeness (QED) is 0.245. The number of benzene rings is 2. The van der Waals surface area contributed by atoms with Crippen molar-refractivity contribution in [1.29, 1.82) is 0 Å². The fourth-order valence-corrected chi connectivity index (χ4v) is 7.99. The minimum absolute atomic E-state index is 0.0132. The van der Waals surface area contributed by atoms with Crippen LogP contribution in [0.1, 0.15) is 31.7 Å². The zero-order chi connectivity index (χ0) is 31.0. The number of fused-ring (bicyclic) bond motifs is 4. The van der Waals surface area contributed by atoms with E-state index in [4.69, 9.17) is 26.6 Å². The fraction of sp³-hybridized carbons (Fsp3) is 0.441. The molecule has 0 radical (unpaired) electrons. The van der Waals surface area contributed by atoms with Gasteiger partial charge >= 0.3 is 6.01 Å². The lowest BCUT2D eigenvalue weighted by Crippen LogP contribution is -2.43. The van der Waals surface area contributed by atoms with Crippen molar-refractivity contribution in [2.45, 2.75) is 43.9 Å².